The first kappa shape index (κ1) is 16.4. The summed E-state index contributed by atoms with van der Waals surface area (Å²) >= 11 is 0. The van der Waals surface area contributed by atoms with E-state index in [1.807, 2.05) is 43.3 Å². The average Bonchev–Trinajstić information content (AvgIpc) is 3.41. The minimum absolute atomic E-state index is 0.235. The van der Waals surface area contributed by atoms with Gasteiger partial charge in [0.05, 0.1) is 12.7 Å². The van der Waals surface area contributed by atoms with Gasteiger partial charge in [-0.1, -0.05) is 17.7 Å². The predicted octanol–water partition coefficient (Wildman–Crippen LogP) is 3.97. The Bertz CT molecular complexity index is 1190. The molecule has 0 fully saturated rings. The van der Waals surface area contributed by atoms with E-state index in [0.29, 0.717) is 23.7 Å². The zero-order valence-corrected chi connectivity index (χ0v) is 15.1. The highest BCUT2D eigenvalue weighted by Crippen LogP contribution is 2.32. The number of rotatable bonds is 4. The molecule has 0 saturated heterocycles. The van der Waals surface area contributed by atoms with Crippen LogP contribution < -0.4 is 14.8 Å². The van der Waals surface area contributed by atoms with Crippen LogP contribution in [0.2, 0.25) is 0 Å². The molecule has 28 heavy (non-hydrogen) atoms. The van der Waals surface area contributed by atoms with E-state index in [1.54, 1.807) is 23.0 Å². The summed E-state index contributed by atoms with van der Waals surface area (Å²) in [5.74, 6) is 1.97. The van der Waals surface area contributed by atoms with Gasteiger partial charge in [0.15, 0.2) is 17.3 Å². The van der Waals surface area contributed by atoms with Crippen LogP contribution in [-0.4, -0.2) is 22.5 Å². The van der Waals surface area contributed by atoms with E-state index in [9.17, 15) is 4.79 Å². The SMILES string of the molecule is Cc1ccc2oc(C(=O)Nc3ccnn3Cc3ccc4c(c3)OCO4)cc2c1. The molecule has 7 nitrogen and oxygen atoms in total. The van der Waals surface area contributed by atoms with Crippen molar-refractivity contribution in [2.24, 2.45) is 0 Å². The first-order valence-electron chi connectivity index (χ1n) is 8.87. The van der Waals surface area contributed by atoms with Crippen molar-refractivity contribution in [3.63, 3.8) is 0 Å². The van der Waals surface area contributed by atoms with Crippen LogP contribution in [0.1, 0.15) is 21.7 Å². The maximum absolute atomic E-state index is 12.6. The number of nitrogens with one attached hydrogen (secondary N) is 1. The summed E-state index contributed by atoms with van der Waals surface area (Å²) in [6.07, 6.45) is 1.64. The Balaban J connectivity index is 1.36. The third kappa shape index (κ3) is 2.96. The smallest absolute Gasteiger partial charge is 0.292 e. The zero-order chi connectivity index (χ0) is 19.1. The molecule has 0 bridgehead atoms. The number of nitrogens with zero attached hydrogens (tertiary/aromatic N) is 2. The maximum atomic E-state index is 12.6. The highest BCUT2D eigenvalue weighted by molar-refractivity contribution is 6.04. The Kier molecular flexibility index (Phi) is 3.79. The molecule has 0 atom stereocenters. The monoisotopic (exact) mass is 375 g/mol. The predicted molar refractivity (Wildman–Crippen MR) is 103 cm³/mol. The number of carbonyl (C=O) groups excluding carboxylic acids is 1. The minimum Gasteiger partial charge on any atom is -0.454 e. The molecule has 1 aliphatic heterocycles. The van der Waals surface area contributed by atoms with Gasteiger partial charge in [-0.3, -0.25) is 4.79 Å². The molecule has 2 aromatic heterocycles. The normalized spacial score (nSPS) is 12.5. The summed E-state index contributed by atoms with van der Waals surface area (Å²) in [7, 11) is 0. The van der Waals surface area contributed by atoms with Gasteiger partial charge < -0.3 is 19.2 Å². The van der Waals surface area contributed by atoms with Crippen LogP contribution in [0.3, 0.4) is 0 Å². The molecular formula is C21H17N3O4. The third-order valence-corrected chi connectivity index (χ3v) is 4.62. The topological polar surface area (TPSA) is 78.5 Å². The average molecular weight is 375 g/mol. The molecule has 5 rings (SSSR count). The summed E-state index contributed by atoms with van der Waals surface area (Å²) in [6, 6.07) is 15.0. The molecule has 0 unspecified atom stereocenters. The molecule has 0 spiro atoms. The Morgan fingerprint density at radius 1 is 1.11 bits per heavy atom. The first-order chi connectivity index (χ1) is 13.7. The number of aryl methyl sites for hydroxylation is 1. The summed E-state index contributed by atoms with van der Waals surface area (Å²) < 4.78 is 18.1. The van der Waals surface area contributed by atoms with Crippen molar-refractivity contribution in [1.82, 2.24) is 9.78 Å². The van der Waals surface area contributed by atoms with E-state index in [0.717, 1.165) is 22.3 Å². The number of anilines is 1. The molecule has 4 aromatic rings. The lowest BCUT2D eigenvalue weighted by Gasteiger charge is -2.09. The number of carbonyl (C=O) groups is 1. The fourth-order valence-corrected chi connectivity index (χ4v) is 3.23. The summed E-state index contributed by atoms with van der Waals surface area (Å²) in [4.78, 5) is 12.6. The Hall–Kier alpha value is -3.74. The molecule has 0 saturated carbocycles. The number of hydrogen-bond acceptors (Lipinski definition) is 5. The standard InChI is InChI=1S/C21H17N3O4/c1-13-2-4-16-15(8-13)10-19(28-16)21(25)23-20-6-7-22-24(20)11-14-3-5-17-18(9-14)27-12-26-17/h2-10H,11-12H2,1H3,(H,23,25). The van der Waals surface area contributed by atoms with Crippen LogP contribution in [0, 0.1) is 6.92 Å². The van der Waals surface area contributed by atoms with Gasteiger partial charge >= 0.3 is 0 Å². The summed E-state index contributed by atoms with van der Waals surface area (Å²) in [5, 5.41) is 8.07. The van der Waals surface area contributed by atoms with E-state index >= 15 is 0 Å². The number of fused-ring (bicyclic) bond motifs is 2. The second-order valence-electron chi connectivity index (χ2n) is 6.67. The minimum atomic E-state index is -0.318. The van der Waals surface area contributed by atoms with Crippen molar-refractivity contribution in [2.75, 3.05) is 12.1 Å². The Morgan fingerprint density at radius 2 is 2.00 bits per heavy atom. The van der Waals surface area contributed by atoms with Crippen LogP contribution >= 0.6 is 0 Å². The lowest BCUT2D eigenvalue weighted by atomic mass is 10.2. The molecule has 140 valence electrons. The van der Waals surface area contributed by atoms with Crippen molar-refractivity contribution < 1.29 is 18.7 Å². The van der Waals surface area contributed by atoms with Crippen LogP contribution in [0.25, 0.3) is 11.0 Å². The quantitative estimate of drug-likeness (QED) is 0.584. The van der Waals surface area contributed by atoms with Crippen LogP contribution in [0.4, 0.5) is 5.82 Å². The van der Waals surface area contributed by atoms with Gasteiger partial charge in [0.2, 0.25) is 6.79 Å². The lowest BCUT2D eigenvalue weighted by Crippen LogP contribution is -2.15. The van der Waals surface area contributed by atoms with Gasteiger partial charge in [0.25, 0.3) is 5.91 Å². The third-order valence-electron chi connectivity index (χ3n) is 4.62. The van der Waals surface area contributed by atoms with Gasteiger partial charge in [-0.2, -0.15) is 5.10 Å². The molecule has 3 heterocycles. The molecule has 1 aliphatic rings. The largest absolute Gasteiger partial charge is 0.454 e. The van der Waals surface area contributed by atoms with Gasteiger partial charge in [0, 0.05) is 11.5 Å². The van der Waals surface area contributed by atoms with E-state index in [1.165, 1.54) is 0 Å². The number of benzene rings is 2. The van der Waals surface area contributed by atoms with Gasteiger partial charge in [-0.15, -0.1) is 0 Å². The van der Waals surface area contributed by atoms with E-state index in [2.05, 4.69) is 10.4 Å². The van der Waals surface area contributed by atoms with Crippen molar-refractivity contribution in [3.05, 3.63) is 71.6 Å². The zero-order valence-electron chi connectivity index (χ0n) is 15.1. The van der Waals surface area contributed by atoms with E-state index in [-0.39, 0.29) is 18.5 Å². The fourth-order valence-electron chi connectivity index (χ4n) is 3.23. The van der Waals surface area contributed by atoms with E-state index in [4.69, 9.17) is 13.9 Å². The molecule has 7 heteroatoms. The van der Waals surface area contributed by atoms with E-state index < -0.39 is 0 Å². The van der Waals surface area contributed by atoms with Crippen molar-refractivity contribution >= 4 is 22.7 Å². The summed E-state index contributed by atoms with van der Waals surface area (Å²) in [5.41, 5.74) is 2.79. The molecular weight excluding hydrogens is 358 g/mol. The van der Waals surface area contributed by atoms with Crippen LogP contribution in [-0.2, 0) is 6.54 Å². The number of furan rings is 1. The van der Waals surface area contributed by atoms with Crippen molar-refractivity contribution in [1.29, 1.82) is 0 Å². The van der Waals surface area contributed by atoms with Crippen molar-refractivity contribution in [2.45, 2.75) is 13.5 Å². The summed E-state index contributed by atoms with van der Waals surface area (Å²) in [6.45, 7) is 2.72. The Labute approximate surface area is 160 Å². The lowest BCUT2D eigenvalue weighted by molar-refractivity contribution is 0.0997. The molecule has 1 N–H and O–H groups in total. The molecule has 0 aliphatic carbocycles. The fraction of sp³-hybridized carbons (Fsp3) is 0.143. The number of amides is 1. The molecule has 1 amide bonds. The Morgan fingerprint density at radius 3 is 2.93 bits per heavy atom. The highest BCUT2D eigenvalue weighted by atomic mass is 16.7. The molecule has 2 aromatic carbocycles. The first-order valence-corrected chi connectivity index (χ1v) is 8.87. The van der Waals surface area contributed by atoms with Gasteiger partial charge in [0.1, 0.15) is 11.4 Å². The van der Waals surface area contributed by atoms with Gasteiger partial charge in [-0.05, 0) is 42.8 Å². The maximum Gasteiger partial charge on any atom is 0.292 e. The number of hydrogen-bond donors (Lipinski definition) is 1. The second kappa shape index (κ2) is 6.45. The molecule has 0 radical (unpaired) electrons. The highest BCUT2D eigenvalue weighted by Gasteiger charge is 2.16. The van der Waals surface area contributed by atoms with Crippen LogP contribution in [0.5, 0.6) is 11.5 Å². The second-order valence-corrected chi connectivity index (χ2v) is 6.67. The number of aromatic nitrogens is 2. The van der Waals surface area contributed by atoms with Gasteiger partial charge in [-0.25, -0.2) is 4.68 Å². The van der Waals surface area contributed by atoms with Crippen LogP contribution in [0.15, 0.2) is 59.1 Å². The van der Waals surface area contributed by atoms with Crippen molar-refractivity contribution in [3.8, 4) is 11.5 Å². The number of ether oxygens (including phenoxy) is 2.